The van der Waals surface area contributed by atoms with Gasteiger partial charge in [-0.2, -0.15) is 0 Å². The van der Waals surface area contributed by atoms with Crippen LogP contribution in [0.15, 0.2) is 18.2 Å². The Kier molecular flexibility index (Phi) is 3.10. The molecule has 90 valence electrons. The molecule has 1 aromatic carbocycles. The molecule has 17 heavy (non-hydrogen) atoms. The summed E-state index contributed by atoms with van der Waals surface area (Å²) >= 11 is 0. The Balaban J connectivity index is 2.17. The average Bonchev–Trinajstić information content (AvgIpc) is 2.29. The number of hydrogen-bond acceptors (Lipinski definition) is 4. The number of nitrogens with zero attached hydrogens (tertiary/aromatic N) is 1. The van der Waals surface area contributed by atoms with Gasteiger partial charge in [0.25, 0.3) is 5.91 Å². The molecular weight excluding hydrogens is 220 g/mol. The smallest absolute Gasteiger partial charge is 0.277 e. The summed E-state index contributed by atoms with van der Waals surface area (Å²) in [4.78, 5) is 28.0. The van der Waals surface area contributed by atoms with Gasteiger partial charge < -0.3 is 5.73 Å². The summed E-state index contributed by atoms with van der Waals surface area (Å²) in [5.41, 5.74) is 7.71. The van der Waals surface area contributed by atoms with Gasteiger partial charge >= 0.3 is 0 Å². The third-order valence-electron chi connectivity index (χ3n) is 2.60. The molecule has 0 aromatic heterocycles. The maximum absolute atomic E-state index is 12.0. The maximum Gasteiger partial charge on any atom is 0.277 e. The van der Waals surface area contributed by atoms with Crippen LogP contribution < -0.4 is 5.73 Å². The second-order valence-corrected chi connectivity index (χ2v) is 4.05. The van der Waals surface area contributed by atoms with E-state index in [0.29, 0.717) is 24.2 Å². The Morgan fingerprint density at radius 2 is 2.29 bits per heavy atom. The molecule has 1 amide bonds. The minimum Gasteiger partial charge on any atom is -0.399 e. The number of hydroxylamine groups is 2. The van der Waals surface area contributed by atoms with Crippen LogP contribution in [0.4, 0.5) is 5.69 Å². The highest BCUT2D eigenvalue weighted by Gasteiger charge is 2.25. The molecule has 2 N–H and O–H groups in total. The molecule has 5 nitrogen and oxygen atoms in total. The average molecular weight is 234 g/mol. The lowest BCUT2D eigenvalue weighted by atomic mass is 10.00. The molecule has 0 aliphatic carbocycles. The summed E-state index contributed by atoms with van der Waals surface area (Å²) in [6.07, 6.45) is 0.708. The first kappa shape index (κ1) is 11.6. The normalized spacial score (nSPS) is 14.6. The first-order chi connectivity index (χ1) is 8.08. The van der Waals surface area contributed by atoms with E-state index in [-0.39, 0.29) is 18.3 Å². The minimum atomic E-state index is -0.236. The second-order valence-electron chi connectivity index (χ2n) is 4.05. The van der Waals surface area contributed by atoms with E-state index in [9.17, 15) is 9.59 Å². The van der Waals surface area contributed by atoms with Gasteiger partial charge in [0.1, 0.15) is 6.61 Å². The van der Waals surface area contributed by atoms with Crippen molar-refractivity contribution >= 4 is 17.4 Å². The monoisotopic (exact) mass is 234 g/mol. The third kappa shape index (κ3) is 2.45. The van der Waals surface area contributed by atoms with Gasteiger partial charge in [0, 0.05) is 11.3 Å². The van der Waals surface area contributed by atoms with Gasteiger partial charge in [0.2, 0.25) is 0 Å². The van der Waals surface area contributed by atoms with Gasteiger partial charge in [-0.1, -0.05) is 6.07 Å². The van der Waals surface area contributed by atoms with Crippen molar-refractivity contribution in [2.75, 3.05) is 18.9 Å². The fourth-order valence-electron chi connectivity index (χ4n) is 1.76. The molecular formula is C12H14N2O3. The number of rotatable bonds is 3. The summed E-state index contributed by atoms with van der Waals surface area (Å²) in [6.45, 7) is 1.80. The molecule has 1 aliphatic heterocycles. The summed E-state index contributed by atoms with van der Waals surface area (Å²) in [6, 6.07) is 5.27. The fraction of sp³-hybridized carbons (Fsp3) is 0.333. The van der Waals surface area contributed by atoms with Gasteiger partial charge in [-0.25, -0.2) is 5.06 Å². The molecule has 1 aliphatic rings. The molecule has 1 heterocycles. The lowest BCUT2D eigenvalue weighted by molar-refractivity contribution is -0.147. The number of fused-ring (bicyclic) bond motifs is 1. The Hall–Kier alpha value is -1.88. The Morgan fingerprint density at radius 1 is 1.53 bits per heavy atom. The van der Waals surface area contributed by atoms with Crippen molar-refractivity contribution in [1.82, 2.24) is 5.06 Å². The van der Waals surface area contributed by atoms with E-state index in [0.717, 1.165) is 5.56 Å². The Bertz CT molecular complexity index is 471. The van der Waals surface area contributed by atoms with Crippen molar-refractivity contribution in [2.24, 2.45) is 0 Å². The molecule has 0 bridgehead atoms. The number of anilines is 1. The number of amides is 1. The Morgan fingerprint density at radius 3 is 3.00 bits per heavy atom. The van der Waals surface area contributed by atoms with Gasteiger partial charge in [0.15, 0.2) is 5.78 Å². The van der Waals surface area contributed by atoms with Crippen LogP contribution in [0.1, 0.15) is 22.8 Å². The van der Waals surface area contributed by atoms with Crippen LogP contribution in [0.3, 0.4) is 0 Å². The van der Waals surface area contributed by atoms with E-state index in [1.807, 2.05) is 6.07 Å². The zero-order chi connectivity index (χ0) is 12.4. The maximum atomic E-state index is 12.0. The number of ketones is 1. The van der Waals surface area contributed by atoms with E-state index >= 15 is 0 Å². The highest BCUT2D eigenvalue weighted by atomic mass is 16.7. The van der Waals surface area contributed by atoms with E-state index in [4.69, 9.17) is 10.6 Å². The highest BCUT2D eigenvalue weighted by molar-refractivity contribution is 5.97. The molecule has 0 radical (unpaired) electrons. The fourth-order valence-corrected chi connectivity index (χ4v) is 1.76. The van der Waals surface area contributed by atoms with Crippen LogP contribution in [0, 0.1) is 0 Å². The van der Waals surface area contributed by atoms with E-state index < -0.39 is 0 Å². The van der Waals surface area contributed by atoms with Gasteiger partial charge in [-0.3, -0.25) is 14.4 Å². The van der Waals surface area contributed by atoms with Crippen LogP contribution in [0.25, 0.3) is 0 Å². The molecule has 2 rings (SSSR count). The van der Waals surface area contributed by atoms with Gasteiger partial charge in [0.05, 0.1) is 6.54 Å². The predicted molar refractivity (Wildman–Crippen MR) is 62.2 cm³/mol. The van der Waals surface area contributed by atoms with Crippen molar-refractivity contribution in [1.29, 1.82) is 0 Å². The lowest BCUT2D eigenvalue weighted by Gasteiger charge is -2.27. The van der Waals surface area contributed by atoms with Crippen LogP contribution in [-0.4, -0.2) is 29.9 Å². The molecule has 0 unspecified atom stereocenters. The van der Waals surface area contributed by atoms with Crippen LogP contribution in [-0.2, 0) is 16.1 Å². The minimum absolute atomic E-state index is 0.0800. The summed E-state index contributed by atoms with van der Waals surface area (Å²) in [7, 11) is 0. The van der Waals surface area contributed by atoms with Crippen molar-refractivity contribution in [3.63, 3.8) is 0 Å². The number of Topliss-reactive ketones (excluding diaryl/α,β-unsaturated/α-hetero) is 1. The standard InChI is InChI=1S/C12H14N2O3/c1-8(15)7-17-14-5-4-9-2-3-10(13)6-11(9)12(14)16/h2-3,6H,4-5,7,13H2,1H3. The van der Waals surface area contributed by atoms with Crippen molar-refractivity contribution in [3.8, 4) is 0 Å². The largest absolute Gasteiger partial charge is 0.399 e. The number of benzene rings is 1. The quantitative estimate of drug-likeness (QED) is 0.785. The number of nitrogen functional groups attached to an aromatic ring is 1. The number of hydrogen-bond donors (Lipinski definition) is 1. The molecule has 5 heteroatoms. The van der Waals surface area contributed by atoms with Crippen LogP contribution >= 0.6 is 0 Å². The van der Waals surface area contributed by atoms with Gasteiger partial charge in [-0.05, 0) is 31.0 Å². The highest BCUT2D eigenvalue weighted by Crippen LogP contribution is 2.21. The van der Waals surface area contributed by atoms with Crippen molar-refractivity contribution in [3.05, 3.63) is 29.3 Å². The lowest BCUT2D eigenvalue weighted by Crippen LogP contribution is -2.38. The van der Waals surface area contributed by atoms with Crippen LogP contribution in [0.5, 0.6) is 0 Å². The predicted octanol–water partition coefficient (Wildman–Crippen LogP) is 0.788. The van der Waals surface area contributed by atoms with E-state index in [1.54, 1.807) is 12.1 Å². The first-order valence-corrected chi connectivity index (χ1v) is 5.40. The van der Waals surface area contributed by atoms with Gasteiger partial charge in [-0.15, -0.1) is 0 Å². The molecule has 0 fully saturated rings. The zero-order valence-electron chi connectivity index (χ0n) is 9.60. The molecule has 0 spiro atoms. The molecule has 1 aromatic rings. The number of carbonyl (C=O) groups excluding carboxylic acids is 2. The molecule has 0 saturated carbocycles. The van der Waals surface area contributed by atoms with E-state index in [1.165, 1.54) is 12.0 Å². The molecule has 0 atom stereocenters. The third-order valence-corrected chi connectivity index (χ3v) is 2.60. The molecule has 0 saturated heterocycles. The number of nitrogens with two attached hydrogens (primary N) is 1. The zero-order valence-corrected chi connectivity index (χ0v) is 9.60. The Labute approximate surface area is 99.1 Å². The van der Waals surface area contributed by atoms with Crippen molar-refractivity contribution < 1.29 is 14.4 Å². The first-order valence-electron chi connectivity index (χ1n) is 5.40. The summed E-state index contributed by atoms with van der Waals surface area (Å²) < 4.78 is 0. The SMILES string of the molecule is CC(=O)CON1CCc2ccc(N)cc2C1=O. The second kappa shape index (κ2) is 4.55. The summed E-state index contributed by atoms with van der Waals surface area (Å²) in [5.74, 6) is -0.351. The topological polar surface area (TPSA) is 72.6 Å². The van der Waals surface area contributed by atoms with Crippen molar-refractivity contribution in [2.45, 2.75) is 13.3 Å². The van der Waals surface area contributed by atoms with E-state index in [2.05, 4.69) is 0 Å². The van der Waals surface area contributed by atoms with Crippen LogP contribution in [0.2, 0.25) is 0 Å². The number of carbonyl (C=O) groups is 2. The summed E-state index contributed by atoms with van der Waals surface area (Å²) in [5, 5.41) is 1.23.